The molecule has 7 nitrogen and oxygen atoms in total. The van der Waals surface area contributed by atoms with E-state index in [0.717, 1.165) is 117 Å². The predicted octanol–water partition coefficient (Wildman–Crippen LogP) is 23.1. The Morgan fingerprint density at radius 3 is 1.11 bits per heavy atom. The molecule has 2 aliphatic rings. The third-order valence-electron chi connectivity index (χ3n) is 19.4. The summed E-state index contributed by atoms with van der Waals surface area (Å²) >= 11 is 0. The van der Waals surface area contributed by atoms with Gasteiger partial charge in [0.25, 0.3) is 0 Å². The second-order valence-corrected chi connectivity index (χ2v) is 36.6. The van der Waals surface area contributed by atoms with E-state index in [4.69, 9.17) is 22.0 Å². The molecule has 1 spiro atoms. The van der Waals surface area contributed by atoms with Crippen molar-refractivity contribution in [1.29, 1.82) is 0 Å². The average molecular weight is 1220 g/mol. The monoisotopic (exact) mass is 1220 g/mol. The number of anilines is 9. The van der Waals surface area contributed by atoms with Crippen molar-refractivity contribution in [2.24, 2.45) is 0 Å². The molecule has 0 unspecified atom stereocenters. The topological polar surface area (TPSA) is 44.7 Å². The van der Waals surface area contributed by atoms with Gasteiger partial charge >= 0.3 is 0 Å². The van der Waals surface area contributed by atoms with Gasteiger partial charge < -0.3 is 23.5 Å². The van der Waals surface area contributed by atoms with Gasteiger partial charge in [-0.05, 0) is 117 Å². The molecule has 13 aromatic carbocycles. The molecule has 0 fully saturated rings. The van der Waals surface area contributed by atoms with Gasteiger partial charge in [0.1, 0.15) is 11.2 Å². The minimum absolute atomic E-state index is 0.481. The molecule has 92 heavy (non-hydrogen) atoms. The number of benzene rings is 13. The molecule has 0 atom stereocenters. The minimum Gasteiger partial charge on any atom is -0.465 e. The van der Waals surface area contributed by atoms with E-state index in [9.17, 15) is 0 Å². The summed E-state index contributed by atoms with van der Waals surface area (Å²) in [6.07, 6.45) is 0. The van der Waals surface area contributed by atoms with E-state index in [1.165, 1.54) is 21.5 Å². The van der Waals surface area contributed by atoms with E-state index in [-0.39, 0.29) is 0 Å². The maximum Gasteiger partial charge on any atom is 0.229 e. The fourth-order valence-corrected chi connectivity index (χ4v) is 17.5. The van der Waals surface area contributed by atoms with Gasteiger partial charge in [0.05, 0.1) is 68.8 Å². The Morgan fingerprint density at radius 2 is 0.696 bits per heavy atom. The summed E-state index contributed by atoms with van der Waals surface area (Å²) in [7, 11) is -3.49. The largest absolute Gasteiger partial charge is 0.465 e. The first-order chi connectivity index (χ1) is 44.8. The quantitative estimate of drug-likeness (QED) is 0.106. The lowest BCUT2D eigenvalue weighted by Crippen LogP contribution is -2.37. The van der Waals surface area contributed by atoms with Gasteiger partial charge in [-0.2, -0.15) is 0 Å². The van der Waals surface area contributed by atoms with Crippen LogP contribution in [-0.4, -0.2) is 16.1 Å². The lowest BCUT2D eigenvalue weighted by atomic mass is 9.64. The molecule has 2 aromatic heterocycles. The Labute approximate surface area is 536 Å². The van der Waals surface area contributed by atoms with Gasteiger partial charge in [-0.1, -0.05) is 238 Å². The fraction of sp³-hybridized carbons (Fsp3) is 0.0843. The van der Waals surface area contributed by atoms with Crippen molar-refractivity contribution in [2.75, 3.05) is 14.7 Å². The lowest BCUT2D eigenvalue weighted by molar-refractivity contribution is 0.670. The van der Waals surface area contributed by atoms with Gasteiger partial charge in [-0.15, -0.1) is 0 Å². The number of hydrogen-bond donors (Lipinski definition) is 0. The first-order valence-corrected chi connectivity index (χ1v) is 38.5. The van der Waals surface area contributed by atoms with Crippen molar-refractivity contribution in [1.82, 2.24) is 0 Å². The van der Waals surface area contributed by atoms with Crippen LogP contribution in [0, 0.1) is 13.1 Å². The second kappa shape index (κ2) is 20.4. The van der Waals surface area contributed by atoms with Crippen molar-refractivity contribution in [3.63, 3.8) is 0 Å². The molecule has 1 aliphatic carbocycles. The van der Waals surface area contributed by atoms with Crippen LogP contribution in [0.15, 0.2) is 270 Å². The van der Waals surface area contributed by atoms with Crippen molar-refractivity contribution in [3.8, 4) is 11.1 Å². The van der Waals surface area contributed by atoms with Gasteiger partial charge in [-0.25, -0.2) is 9.69 Å². The van der Waals surface area contributed by atoms with Gasteiger partial charge in [0.2, 0.25) is 11.4 Å². The number of rotatable bonds is 9. The molecule has 1 aliphatic heterocycles. The molecule has 0 amide bonds. The average Bonchev–Trinajstić information content (AvgIpc) is 1.52. The standard InChI is InChI=1S/C83H61N5O2Si2/c1-84-69-36-20-30-61-63-32-22-40-73(81(63)89-79(61)69)87(53-42-46-55(47-43-53)91(3,4)5)75-50-67-77(59-28-14-12-26-57(59)75)78-60-29-15-13-27-58(60)76(51-68(78)83(67)65-34-16-18-38-71(65)86(52-24-10-9-11-25-52)72-39-19-17-35-66(72)83)88(54-44-48-56(49-45-54)92(6,7)8)74-41-23-33-64-62-31-21-37-70(85-2)80(62)90-82(64)74/h9-51H,3-8H3. The van der Waals surface area contributed by atoms with E-state index in [2.05, 4.69) is 300 Å². The zero-order valence-electron chi connectivity index (χ0n) is 51.9. The molecule has 3 heterocycles. The Hall–Kier alpha value is -11.2. The van der Waals surface area contributed by atoms with Crippen molar-refractivity contribution >= 4 is 155 Å². The number of furan rings is 2. The smallest absolute Gasteiger partial charge is 0.229 e. The van der Waals surface area contributed by atoms with Crippen LogP contribution in [-0.2, 0) is 5.41 Å². The highest BCUT2D eigenvalue weighted by molar-refractivity contribution is 6.89. The molecular formula is C83H61N5O2Si2. The van der Waals surface area contributed by atoms with Crippen molar-refractivity contribution in [2.45, 2.75) is 44.7 Å². The summed E-state index contributed by atoms with van der Waals surface area (Å²) in [4.78, 5) is 15.2. The molecule has 0 radical (unpaired) electrons. The van der Waals surface area contributed by atoms with E-state index in [1.54, 1.807) is 0 Å². The highest BCUT2D eigenvalue weighted by Gasteiger charge is 2.54. The first kappa shape index (κ1) is 54.9. The Kier molecular flexibility index (Phi) is 12.2. The van der Waals surface area contributed by atoms with Gasteiger partial charge in [0.15, 0.2) is 11.2 Å². The molecule has 15 aromatic rings. The van der Waals surface area contributed by atoms with Crippen LogP contribution in [0.3, 0.4) is 0 Å². The molecule has 0 saturated carbocycles. The summed E-state index contributed by atoms with van der Waals surface area (Å²) in [5.74, 6) is 0. The minimum atomic E-state index is -1.75. The molecule has 9 heteroatoms. The van der Waals surface area contributed by atoms with Crippen molar-refractivity contribution < 1.29 is 8.83 Å². The maximum atomic E-state index is 8.26. The van der Waals surface area contributed by atoms with Gasteiger partial charge in [-0.3, -0.25) is 0 Å². The van der Waals surface area contributed by atoms with Crippen molar-refractivity contribution in [3.05, 3.63) is 306 Å². The molecule has 438 valence electrons. The number of fused-ring (bicyclic) bond motifs is 19. The third-order valence-corrected chi connectivity index (χ3v) is 23.5. The number of para-hydroxylation sites is 7. The van der Waals surface area contributed by atoms with Crippen LogP contribution in [0.25, 0.3) is 86.2 Å². The summed E-state index contributed by atoms with van der Waals surface area (Å²) in [6, 6.07) is 95.1. The zero-order chi connectivity index (χ0) is 62.4. The van der Waals surface area contributed by atoms with Crippen LogP contribution in [0.1, 0.15) is 22.3 Å². The van der Waals surface area contributed by atoms with Crippen LogP contribution < -0.4 is 25.1 Å². The maximum absolute atomic E-state index is 8.26. The van der Waals surface area contributed by atoms with Crippen LogP contribution in [0.2, 0.25) is 39.3 Å². The zero-order valence-corrected chi connectivity index (χ0v) is 53.9. The Morgan fingerprint density at radius 1 is 0.337 bits per heavy atom. The van der Waals surface area contributed by atoms with E-state index >= 15 is 0 Å². The third kappa shape index (κ3) is 7.96. The SMILES string of the molecule is [C-]#[N+]c1cccc2c1oc1c(N(c3ccc([Si](C)(C)C)cc3)c3cc4c(c5ccccc35)-c3c(cc(N(c5ccc([Si](C)(C)C)cc5)c5cccc6c5oc5c([N+]#[C-])cccc56)c5ccccc35)C43c4ccccc4N(c4ccccc4)c4ccccc43)cccc12. The van der Waals surface area contributed by atoms with Crippen LogP contribution in [0.5, 0.6) is 0 Å². The first-order valence-electron chi connectivity index (χ1n) is 31.5. The summed E-state index contributed by atoms with van der Waals surface area (Å²) < 4.78 is 14.2. The number of nitrogens with zero attached hydrogens (tertiary/aromatic N) is 5. The van der Waals surface area contributed by atoms with Crippen LogP contribution >= 0.6 is 0 Å². The molecule has 0 bridgehead atoms. The predicted molar refractivity (Wildman–Crippen MR) is 389 cm³/mol. The molecule has 0 N–H and O–H groups in total. The molecular weight excluding hydrogens is 1160 g/mol. The number of hydrogen-bond acceptors (Lipinski definition) is 5. The van der Waals surface area contributed by atoms with E-state index in [1.807, 2.05) is 24.3 Å². The Balaban J connectivity index is 1.04. The normalized spacial score (nSPS) is 13.2. The van der Waals surface area contributed by atoms with E-state index < -0.39 is 21.6 Å². The molecule has 17 rings (SSSR count). The fourth-order valence-electron chi connectivity index (χ4n) is 15.2. The van der Waals surface area contributed by atoms with Crippen LogP contribution in [0.4, 0.5) is 62.6 Å². The lowest BCUT2D eigenvalue weighted by Gasteiger charge is -2.45. The summed E-state index contributed by atoms with van der Waals surface area (Å²) in [5, 5.41) is 10.8. The van der Waals surface area contributed by atoms with Gasteiger partial charge in [0, 0.05) is 49.4 Å². The summed E-state index contributed by atoms with van der Waals surface area (Å²) in [5.41, 5.74) is 18.5. The molecule has 0 saturated heterocycles. The Bertz CT molecular complexity index is 5330. The highest BCUT2D eigenvalue weighted by Crippen LogP contribution is 2.67. The van der Waals surface area contributed by atoms with E-state index in [0.29, 0.717) is 33.7 Å². The highest BCUT2D eigenvalue weighted by atomic mass is 28.3. The second-order valence-electron chi connectivity index (χ2n) is 26.5. The summed E-state index contributed by atoms with van der Waals surface area (Å²) in [6.45, 7) is 30.9.